The molecule has 0 aliphatic heterocycles. The number of nitrogens with zero attached hydrogens (tertiary/aromatic N) is 2. The number of hydrogen-bond donors (Lipinski definition) is 2. The average Bonchev–Trinajstić information content (AvgIpc) is 3.15. The van der Waals surface area contributed by atoms with Crippen LogP contribution in [0.1, 0.15) is 32.6 Å². The van der Waals surface area contributed by atoms with Gasteiger partial charge in [0.1, 0.15) is 4.47 Å². The molecule has 2 N–H and O–H groups in total. The molecule has 1 aromatic heterocycles. The molecule has 0 spiro atoms. The molecular weight excluding hydrogens is 298 g/mol. The van der Waals surface area contributed by atoms with E-state index in [1.165, 1.54) is 4.68 Å². The van der Waals surface area contributed by atoms with Crippen molar-refractivity contribution in [1.82, 2.24) is 9.78 Å². The molecule has 1 saturated carbocycles. The summed E-state index contributed by atoms with van der Waals surface area (Å²) in [7, 11) is 0. The Balaban J connectivity index is 2.18. The minimum Gasteiger partial charge on any atom is -0.394 e. The summed E-state index contributed by atoms with van der Waals surface area (Å²) in [6, 6.07) is 0. The first-order valence-electron chi connectivity index (χ1n) is 6.26. The molecule has 0 aromatic carbocycles. The van der Waals surface area contributed by atoms with Gasteiger partial charge in [0.05, 0.1) is 24.0 Å². The Hall–Kier alpha value is -0.880. The van der Waals surface area contributed by atoms with E-state index in [-0.39, 0.29) is 17.7 Å². The number of aliphatic hydroxyl groups is 1. The molecule has 0 amide bonds. The van der Waals surface area contributed by atoms with Gasteiger partial charge in [-0.1, -0.05) is 13.3 Å². The fraction of sp³-hybridized carbons (Fsp3) is 0.667. The van der Waals surface area contributed by atoms with Gasteiger partial charge in [0.15, 0.2) is 0 Å². The highest BCUT2D eigenvalue weighted by Crippen LogP contribution is 2.39. The molecule has 0 atom stereocenters. The zero-order chi connectivity index (χ0) is 13.2. The van der Waals surface area contributed by atoms with Crippen molar-refractivity contribution in [3.63, 3.8) is 0 Å². The first-order valence-corrected chi connectivity index (χ1v) is 7.06. The Morgan fingerprint density at radius 1 is 1.61 bits per heavy atom. The maximum atomic E-state index is 12.0. The SMILES string of the molecule is CCCCn1ncc(NC2(CO)CC2)c(Br)c1=O. The molecule has 1 aromatic rings. The average molecular weight is 316 g/mol. The summed E-state index contributed by atoms with van der Waals surface area (Å²) in [6.07, 6.45) is 5.46. The van der Waals surface area contributed by atoms with E-state index >= 15 is 0 Å². The molecule has 1 aliphatic carbocycles. The minimum atomic E-state index is -0.244. The number of nitrogens with one attached hydrogen (secondary N) is 1. The highest BCUT2D eigenvalue weighted by Gasteiger charge is 2.42. The Kier molecular flexibility index (Phi) is 4.07. The zero-order valence-electron chi connectivity index (χ0n) is 10.4. The Morgan fingerprint density at radius 3 is 2.89 bits per heavy atom. The van der Waals surface area contributed by atoms with Crippen LogP contribution in [-0.4, -0.2) is 27.0 Å². The number of aliphatic hydroxyl groups excluding tert-OH is 1. The Labute approximate surface area is 114 Å². The van der Waals surface area contributed by atoms with E-state index in [1.54, 1.807) is 6.20 Å². The molecule has 18 heavy (non-hydrogen) atoms. The molecule has 1 heterocycles. The van der Waals surface area contributed by atoms with E-state index in [1.807, 2.05) is 0 Å². The molecule has 100 valence electrons. The van der Waals surface area contributed by atoms with Crippen molar-refractivity contribution in [1.29, 1.82) is 0 Å². The molecule has 6 heteroatoms. The molecular formula is C12H18BrN3O2. The quantitative estimate of drug-likeness (QED) is 0.839. The fourth-order valence-corrected chi connectivity index (χ4v) is 2.18. The summed E-state index contributed by atoms with van der Waals surface area (Å²) >= 11 is 3.32. The fourth-order valence-electron chi connectivity index (χ4n) is 1.78. The van der Waals surface area contributed by atoms with Gasteiger partial charge in [-0.15, -0.1) is 0 Å². The topological polar surface area (TPSA) is 67.2 Å². The van der Waals surface area contributed by atoms with Crippen LogP contribution >= 0.6 is 15.9 Å². The predicted molar refractivity (Wildman–Crippen MR) is 73.8 cm³/mol. The van der Waals surface area contributed by atoms with Crippen LogP contribution in [0.2, 0.25) is 0 Å². The standard InChI is InChI=1S/C12H18BrN3O2/c1-2-3-6-16-11(18)10(13)9(7-14-16)15-12(8-17)4-5-12/h7,15,17H,2-6,8H2,1H3. The predicted octanol–water partition coefficient (Wildman–Crippen LogP) is 1.74. The van der Waals surface area contributed by atoms with E-state index in [0.29, 0.717) is 16.7 Å². The summed E-state index contributed by atoms with van der Waals surface area (Å²) in [4.78, 5) is 12.0. The summed E-state index contributed by atoms with van der Waals surface area (Å²) in [5.74, 6) is 0. The van der Waals surface area contributed by atoms with E-state index in [9.17, 15) is 9.90 Å². The number of rotatable bonds is 6. The molecule has 0 saturated heterocycles. The summed E-state index contributed by atoms with van der Waals surface area (Å²) in [6.45, 7) is 2.80. The van der Waals surface area contributed by atoms with Crippen LogP contribution in [0.3, 0.4) is 0 Å². The van der Waals surface area contributed by atoms with Crippen molar-refractivity contribution in [2.24, 2.45) is 0 Å². The molecule has 0 bridgehead atoms. The number of hydrogen-bond acceptors (Lipinski definition) is 4. The van der Waals surface area contributed by atoms with Crippen molar-refractivity contribution in [2.75, 3.05) is 11.9 Å². The second-order valence-corrected chi connectivity index (χ2v) is 5.61. The number of aryl methyl sites for hydroxylation is 1. The lowest BCUT2D eigenvalue weighted by molar-refractivity contribution is 0.266. The van der Waals surface area contributed by atoms with Crippen LogP contribution in [0.15, 0.2) is 15.5 Å². The first kappa shape index (κ1) is 13.5. The lowest BCUT2D eigenvalue weighted by Crippen LogP contribution is -2.29. The van der Waals surface area contributed by atoms with E-state index in [0.717, 1.165) is 25.7 Å². The van der Waals surface area contributed by atoms with Crippen LogP contribution in [0.25, 0.3) is 0 Å². The maximum absolute atomic E-state index is 12.0. The van der Waals surface area contributed by atoms with Crippen LogP contribution in [0, 0.1) is 0 Å². The smallest absolute Gasteiger partial charge is 0.283 e. The lowest BCUT2D eigenvalue weighted by Gasteiger charge is -2.17. The van der Waals surface area contributed by atoms with Gasteiger partial charge in [-0.3, -0.25) is 4.79 Å². The summed E-state index contributed by atoms with van der Waals surface area (Å²) in [5.41, 5.74) is 0.299. The number of halogens is 1. The largest absolute Gasteiger partial charge is 0.394 e. The van der Waals surface area contributed by atoms with Gasteiger partial charge in [-0.2, -0.15) is 5.10 Å². The highest BCUT2D eigenvalue weighted by molar-refractivity contribution is 9.10. The van der Waals surface area contributed by atoms with Crippen LogP contribution in [-0.2, 0) is 6.54 Å². The lowest BCUT2D eigenvalue weighted by atomic mass is 10.3. The van der Waals surface area contributed by atoms with Crippen molar-refractivity contribution in [3.8, 4) is 0 Å². The molecule has 0 unspecified atom stereocenters. The van der Waals surface area contributed by atoms with E-state index < -0.39 is 0 Å². The minimum absolute atomic E-state index is 0.0817. The third kappa shape index (κ3) is 2.75. The molecule has 0 radical (unpaired) electrons. The number of anilines is 1. The van der Waals surface area contributed by atoms with Gasteiger partial charge in [0, 0.05) is 6.54 Å². The van der Waals surface area contributed by atoms with Gasteiger partial charge >= 0.3 is 0 Å². The molecule has 5 nitrogen and oxygen atoms in total. The monoisotopic (exact) mass is 315 g/mol. The summed E-state index contributed by atoms with van der Waals surface area (Å²) in [5, 5.41) is 16.6. The number of aromatic nitrogens is 2. The van der Waals surface area contributed by atoms with Gasteiger partial charge in [-0.05, 0) is 35.2 Å². The molecule has 1 fully saturated rings. The van der Waals surface area contributed by atoms with Crippen LogP contribution < -0.4 is 10.9 Å². The van der Waals surface area contributed by atoms with Crippen molar-refractivity contribution in [3.05, 3.63) is 21.0 Å². The third-order valence-corrected chi connectivity index (χ3v) is 4.03. The van der Waals surface area contributed by atoms with Crippen LogP contribution in [0.4, 0.5) is 5.69 Å². The zero-order valence-corrected chi connectivity index (χ0v) is 12.0. The Morgan fingerprint density at radius 2 is 2.33 bits per heavy atom. The Bertz CT molecular complexity index is 483. The van der Waals surface area contributed by atoms with Crippen molar-refractivity contribution < 1.29 is 5.11 Å². The highest BCUT2D eigenvalue weighted by atomic mass is 79.9. The molecule has 1 aliphatic rings. The van der Waals surface area contributed by atoms with Gasteiger partial charge in [0.2, 0.25) is 0 Å². The van der Waals surface area contributed by atoms with Crippen LogP contribution in [0.5, 0.6) is 0 Å². The normalized spacial score (nSPS) is 16.6. The third-order valence-electron chi connectivity index (χ3n) is 3.26. The van der Waals surface area contributed by atoms with Gasteiger partial charge in [0.25, 0.3) is 5.56 Å². The second kappa shape index (κ2) is 5.40. The van der Waals surface area contributed by atoms with Gasteiger partial charge < -0.3 is 10.4 Å². The number of unbranched alkanes of at least 4 members (excludes halogenated alkanes) is 1. The van der Waals surface area contributed by atoms with Gasteiger partial charge in [-0.25, -0.2) is 4.68 Å². The first-order chi connectivity index (χ1) is 8.62. The van der Waals surface area contributed by atoms with Crippen molar-refractivity contribution in [2.45, 2.75) is 44.7 Å². The van der Waals surface area contributed by atoms with E-state index in [4.69, 9.17) is 0 Å². The summed E-state index contributed by atoms with van der Waals surface area (Å²) < 4.78 is 1.96. The molecule has 2 rings (SSSR count). The van der Waals surface area contributed by atoms with Crippen molar-refractivity contribution >= 4 is 21.6 Å². The maximum Gasteiger partial charge on any atom is 0.283 e. The second-order valence-electron chi connectivity index (χ2n) is 4.82. The van der Waals surface area contributed by atoms with E-state index in [2.05, 4.69) is 33.3 Å².